The Balaban J connectivity index is 2.48. The zero-order valence-corrected chi connectivity index (χ0v) is 8.23. The lowest BCUT2D eigenvalue weighted by atomic mass is 10.1. The summed E-state index contributed by atoms with van der Waals surface area (Å²) in [5.41, 5.74) is 1.00. The lowest BCUT2D eigenvalue weighted by Crippen LogP contribution is -1.97. The number of hydrogen-bond donors (Lipinski definition) is 1. The van der Waals surface area contributed by atoms with Crippen molar-refractivity contribution in [2.45, 2.75) is 0 Å². The maximum atomic E-state index is 4.90. The molecular weight excluding hydrogens is 186 g/mol. The van der Waals surface area contributed by atoms with Crippen LogP contribution in [-0.2, 0) is 4.84 Å². The van der Waals surface area contributed by atoms with E-state index in [0.29, 0.717) is 0 Å². The SMILES string of the molecule is NOCC#Cc1cccc2ccccc12. The highest BCUT2D eigenvalue weighted by molar-refractivity contribution is 5.88. The Morgan fingerprint density at radius 2 is 1.87 bits per heavy atom. The molecule has 0 amide bonds. The highest BCUT2D eigenvalue weighted by Gasteiger charge is 1.95. The van der Waals surface area contributed by atoms with Crippen molar-refractivity contribution in [1.82, 2.24) is 0 Å². The Morgan fingerprint density at radius 3 is 2.73 bits per heavy atom. The molecule has 0 unspecified atom stereocenters. The van der Waals surface area contributed by atoms with E-state index in [-0.39, 0.29) is 6.61 Å². The fourth-order valence-corrected chi connectivity index (χ4v) is 1.51. The van der Waals surface area contributed by atoms with Gasteiger partial charge in [-0.25, -0.2) is 5.90 Å². The monoisotopic (exact) mass is 197 g/mol. The predicted molar refractivity (Wildman–Crippen MR) is 61.0 cm³/mol. The molecule has 0 saturated heterocycles. The van der Waals surface area contributed by atoms with Crippen LogP contribution >= 0.6 is 0 Å². The number of benzene rings is 2. The molecule has 0 heterocycles. The van der Waals surface area contributed by atoms with Crippen molar-refractivity contribution in [3.63, 3.8) is 0 Å². The van der Waals surface area contributed by atoms with Crippen LogP contribution in [0.15, 0.2) is 42.5 Å². The van der Waals surface area contributed by atoms with Gasteiger partial charge in [-0.1, -0.05) is 48.2 Å². The van der Waals surface area contributed by atoms with Gasteiger partial charge < -0.3 is 0 Å². The third-order valence-electron chi connectivity index (χ3n) is 2.17. The first-order chi connectivity index (χ1) is 7.42. The summed E-state index contributed by atoms with van der Waals surface area (Å²) < 4.78 is 0. The molecule has 0 aromatic heterocycles. The van der Waals surface area contributed by atoms with E-state index in [4.69, 9.17) is 5.90 Å². The lowest BCUT2D eigenvalue weighted by Gasteiger charge is -1.99. The van der Waals surface area contributed by atoms with Crippen LogP contribution in [0.1, 0.15) is 5.56 Å². The number of rotatable bonds is 1. The van der Waals surface area contributed by atoms with Crippen LogP contribution in [0.5, 0.6) is 0 Å². The van der Waals surface area contributed by atoms with Crippen molar-refractivity contribution in [2.24, 2.45) is 5.90 Å². The summed E-state index contributed by atoms with van der Waals surface area (Å²) in [6.07, 6.45) is 0. The highest BCUT2D eigenvalue weighted by atomic mass is 16.6. The van der Waals surface area contributed by atoms with E-state index >= 15 is 0 Å². The first-order valence-electron chi connectivity index (χ1n) is 4.70. The van der Waals surface area contributed by atoms with E-state index in [0.717, 1.165) is 10.9 Å². The molecule has 2 rings (SSSR count). The molecule has 15 heavy (non-hydrogen) atoms. The first-order valence-corrected chi connectivity index (χ1v) is 4.70. The molecular formula is C13H11NO. The average molecular weight is 197 g/mol. The summed E-state index contributed by atoms with van der Waals surface area (Å²) in [5, 5.41) is 2.35. The quantitative estimate of drug-likeness (QED) is 0.561. The van der Waals surface area contributed by atoms with Crippen LogP contribution in [0.3, 0.4) is 0 Å². The summed E-state index contributed by atoms with van der Waals surface area (Å²) >= 11 is 0. The summed E-state index contributed by atoms with van der Waals surface area (Å²) in [4.78, 5) is 4.40. The Hall–Kier alpha value is -1.82. The Kier molecular flexibility index (Phi) is 2.99. The largest absolute Gasteiger partial charge is 0.292 e. The van der Waals surface area contributed by atoms with Crippen molar-refractivity contribution < 1.29 is 4.84 Å². The molecule has 0 fully saturated rings. The van der Waals surface area contributed by atoms with Crippen LogP contribution in [0.2, 0.25) is 0 Å². The first kappa shape index (κ1) is 9.72. The van der Waals surface area contributed by atoms with E-state index in [1.807, 2.05) is 24.3 Å². The van der Waals surface area contributed by atoms with E-state index < -0.39 is 0 Å². The Labute approximate surface area is 88.6 Å². The van der Waals surface area contributed by atoms with E-state index in [1.165, 1.54) is 5.39 Å². The van der Waals surface area contributed by atoms with Crippen molar-refractivity contribution in [1.29, 1.82) is 0 Å². The fraction of sp³-hybridized carbons (Fsp3) is 0.0769. The maximum absolute atomic E-state index is 4.90. The Morgan fingerprint density at radius 1 is 1.07 bits per heavy atom. The van der Waals surface area contributed by atoms with Gasteiger partial charge in [-0.05, 0) is 16.8 Å². The summed E-state index contributed by atoms with van der Waals surface area (Å²) in [6, 6.07) is 14.2. The van der Waals surface area contributed by atoms with Gasteiger partial charge in [0.2, 0.25) is 0 Å². The zero-order valence-electron chi connectivity index (χ0n) is 8.23. The number of nitrogens with two attached hydrogens (primary N) is 1. The van der Waals surface area contributed by atoms with Crippen LogP contribution in [0, 0.1) is 11.8 Å². The van der Waals surface area contributed by atoms with Gasteiger partial charge in [0.1, 0.15) is 6.61 Å². The van der Waals surface area contributed by atoms with Crippen molar-refractivity contribution >= 4 is 10.8 Å². The molecule has 2 aromatic rings. The molecule has 2 aromatic carbocycles. The summed E-state index contributed by atoms with van der Waals surface area (Å²) in [5.74, 6) is 10.8. The highest BCUT2D eigenvalue weighted by Crippen LogP contribution is 2.17. The van der Waals surface area contributed by atoms with Crippen LogP contribution in [-0.4, -0.2) is 6.61 Å². The fourth-order valence-electron chi connectivity index (χ4n) is 1.51. The third-order valence-corrected chi connectivity index (χ3v) is 2.17. The van der Waals surface area contributed by atoms with Gasteiger partial charge in [0.25, 0.3) is 0 Å². The van der Waals surface area contributed by atoms with Gasteiger partial charge in [-0.3, -0.25) is 4.84 Å². The molecule has 0 radical (unpaired) electrons. The van der Waals surface area contributed by atoms with Gasteiger partial charge in [0, 0.05) is 5.56 Å². The molecule has 74 valence electrons. The third kappa shape index (κ3) is 2.16. The van der Waals surface area contributed by atoms with E-state index in [2.05, 4.69) is 34.9 Å². The second-order valence-corrected chi connectivity index (χ2v) is 3.14. The second-order valence-electron chi connectivity index (χ2n) is 3.14. The molecule has 2 nitrogen and oxygen atoms in total. The molecule has 0 bridgehead atoms. The van der Waals surface area contributed by atoms with Crippen molar-refractivity contribution in [3.8, 4) is 11.8 Å². The van der Waals surface area contributed by atoms with Gasteiger partial charge in [-0.2, -0.15) is 0 Å². The minimum absolute atomic E-state index is 0.253. The smallest absolute Gasteiger partial charge is 0.129 e. The maximum Gasteiger partial charge on any atom is 0.129 e. The van der Waals surface area contributed by atoms with Crippen molar-refractivity contribution in [2.75, 3.05) is 6.61 Å². The molecule has 2 heteroatoms. The van der Waals surface area contributed by atoms with E-state index in [9.17, 15) is 0 Å². The summed E-state index contributed by atoms with van der Waals surface area (Å²) in [7, 11) is 0. The van der Waals surface area contributed by atoms with E-state index in [1.54, 1.807) is 0 Å². The lowest BCUT2D eigenvalue weighted by molar-refractivity contribution is 0.173. The summed E-state index contributed by atoms with van der Waals surface area (Å²) in [6.45, 7) is 0.253. The van der Waals surface area contributed by atoms with Gasteiger partial charge >= 0.3 is 0 Å². The zero-order chi connectivity index (χ0) is 10.5. The molecule has 0 atom stereocenters. The topological polar surface area (TPSA) is 35.2 Å². The minimum Gasteiger partial charge on any atom is -0.292 e. The number of fused-ring (bicyclic) bond motifs is 1. The molecule has 0 aliphatic rings. The molecule has 0 aliphatic carbocycles. The molecule has 0 spiro atoms. The Bertz CT molecular complexity index is 517. The van der Waals surface area contributed by atoms with Gasteiger partial charge in [0.05, 0.1) is 0 Å². The average Bonchev–Trinajstić information content (AvgIpc) is 2.30. The van der Waals surface area contributed by atoms with Crippen LogP contribution in [0.25, 0.3) is 10.8 Å². The molecule has 0 aliphatic heterocycles. The second kappa shape index (κ2) is 4.61. The van der Waals surface area contributed by atoms with Gasteiger partial charge in [-0.15, -0.1) is 0 Å². The number of hydrogen-bond acceptors (Lipinski definition) is 2. The van der Waals surface area contributed by atoms with Crippen molar-refractivity contribution in [3.05, 3.63) is 48.0 Å². The molecule has 0 saturated carbocycles. The normalized spacial score (nSPS) is 9.67. The standard InChI is InChI=1S/C13H11NO/c14-15-10-4-8-12-7-3-6-11-5-1-2-9-13(11)12/h1-3,5-7,9H,10,14H2. The molecule has 2 N–H and O–H groups in total. The van der Waals surface area contributed by atoms with Crippen LogP contribution < -0.4 is 5.90 Å². The predicted octanol–water partition coefficient (Wildman–Crippen LogP) is 2.08. The van der Waals surface area contributed by atoms with Gasteiger partial charge in [0.15, 0.2) is 0 Å². The minimum atomic E-state index is 0.253. The van der Waals surface area contributed by atoms with Crippen LogP contribution in [0.4, 0.5) is 0 Å².